The lowest BCUT2D eigenvalue weighted by atomic mass is 9.96. The number of piperidine rings is 1. The van der Waals surface area contributed by atoms with Crippen LogP contribution in [0.15, 0.2) is 24.3 Å². The Morgan fingerprint density at radius 2 is 2.10 bits per heavy atom. The summed E-state index contributed by atoms with van der Waals surface area (Å²) in [7, 11) is 1.68. The number of hydrogen-bond donors (Lipinski definition) is 1. The number of ether oxygens (including phenoxy) is 1. The molecule has 0 atom stereocenters. The summed E-state index contributed by atoms with van der Waals surface area (Å²) >= 11 is 0. The Hall–Kier alpha value is -1.62. The normalized spacial score (nSPS) is 16.9. The lowest BCUT2D eigenvalue weighted by molar-refractivity contribution is -0.125. The molecular formula is C15H21FN2O2. The zero-order valence-electron chi connectivity index (χ0n) is 11.8. The van der Waals surface area contributed by atoms with Crippen molar-refractivity contribution in [3.05, 3.63) is 30.1 Å². The fourth-order valence-electron chi connectivity index (χ4n) is 2.47. The Labute approximate surface area is 118 Å². The van der Waals surface area contributed by atoms with Gasteiger partial charge in [-0.2, -0.15) is 0 Å². The molecule has 0 aromatic heterocycles. The molecule has 1 aromatic rings. The van der Waals surface area contributed by atoms with Gasteiger partial charge >= 0.3 is 0 Å². The Morgan fingerprint density at radius 3 is 2.75 bits per heavy atom. The Morgan fingerprint density at radius 1 is 1.40 bits per heavy atom. The third kappa shape index (κ3) is 3.93. The summed E-state index contributed by atoms with van der Waals surface area (Å²) in [5.41, 5.74) is 0. The molecule has 0 unspecified atom stereocenters. The summed E-state index contributed by atoms with van der Waals surface area (Å²) in [6.07, 6.45) is 1.75. The van der Waals surface area contributed by atoms with Crippen molar-refractivity contribution in [2.24, 2.45) is 5.92 Å². The van der Waals surface area contributed by atoms with Gasteiger partial charge < -0.3 is 10.1 Å². The molecule has 4 nitrogen and oxygen atoms in total. The molecule has 2 rings (SSSR count). The van der Waals surface area contributed by atoms with E-state index in [0.29, 0.717) is 12.4 Å². The second-order valence-corrected chi connectivity index (χ2v) is 5.01. The minimum absolute atomic E-state index is 0.128. The van der Waals surface area contributed by atoms with Crippen LogP contribution in [0.4, 0.5) is 4.39 Å². The van der Waals surface area contributed by atoms with Crippen LogP contribution >= 0.6 is 0 Å². The molecule has 1 aliphatic heterocycles. The Bertz CT molecular complexity index is 445. The third-order valence-corrected chi connectivity index (χ3v) is 3.71. The molecule has 0 saturated carbocycles. The minimum atomic E-state index is -0.328. The number of likely N-dealkylation sites (tertiary alicyclic amines) is 1. The highest BCUT2D eigenvalue weighted by Crippen LogP contribution is 2.18. The van der Waals surface area contributed by atoms with Crippen molar-refractivity contribution in [2.45, 2.75) is 12.8 Å². The standard InChI is InChI=1S/C15H21FN2O2/c1-17-15(19)12-6-8-18(9-7-12)10-11-20-14-5-3-2-4-13(14)16/h2-5,12H,6-11H2,1H3,(H,17,19). The van der Waals surface area contributed by atoms with Gasteiger partial charge in [-0.05, 0) is 38.1 Å². The molecule has 1 aliphatic rings. The topological polar surface area (TPSA) is 41.6 Å². The summed E-state index contributed by atoms with van der Waals surface area (Å²) in [5.74, 6) is 0.231. The predicted octanol–water partition coefficient (Wildman–Crippen LogP) is 1.66. The number of nitrogens with one attached hydrogen (secondary N) is 1. The molecule has 0 aliphatic carbocycles. The fourth-order valence-corrected chi connectivity index (χ4v) is 2.47. The van der Waals surface area contributed by atoms with Crippen LogP contribution in [-0.2, 0) is 4.79 Å². The van der Waals surface area contributed by atoms with Gasteiger partial charge in [-0.25, -0.2) is 4.39 Å². The first-order valence-electron chi connectivity index (χ1n) is 7.02. The van der Waals surface area contributed by atoms with Crippen molar-refractivity contribution in [3.8, 4) is 5.75 Å². The van der Waals surface area contributed by atoms with Crippen molar-refractivity contribution < 1.29 is 13.9 Å². The lowest BCUT2D eigenvalue weighted by Crippen LogP contribution is -2.41. The maximum absolute atomic E-state index is 13.4. The maximum atomic E-state index is 13.4. The van der Waals surface area contributed by atoms with Crippen LogP contribution in [0.25, 0.3) is 0 Å². The van der Waals surface area contributed by atoms with Gasteiger partial charge in [-0.1, -0.05) is 12.1 Å². The van der Waals surface area contributed by atoms with Crippen molar-refractivity contribution in [1.29, 1.82) is 0 Å². The van der Waals surface area contributed by atoms with E-state index in [4.69, 9.17) is 4.74 Å². The van der Waals surface area contributed by atoms with E-state index < -0.39 is 0 Å². The van der Waals surface area contributed by atoms with Crippen LogP contribution in [0.5, 0.6) is 5.75 Å². The molecule has 1 amide bonds. The second-order valence-electron chi connectivity index (χ2n) is 5.01. The Kier molecular flexibility index (Phi) is 5.35. The van der Waals surface area contributed by atoms with Gasteiger partial charge in [0, 0.05) is 19.5 Å². The summed E-state index contributed by atoms with van der Waals surface area (Å²) in [6, 6.07) is 6.43. The van der Waals surface area contributed by atoms with Crippen LogP contribution in [0.1, 0.15) is 12.8 Å². The molecule has 0 radical (unpaired) electrons. The average molecular weight is 280 g/mol. The zero-order chi connectivity index (χ0) is 14.4. The first-order chi connectivity index (χ1) is 9.70. The molecule has 110 valence electrons. The first-order valence-corrected chi connectivity index (χ1v) is 7.02. The highest BCUT2D eigenvalue weighted by molar-refractivity contribution is 5.78. The van der Waals surface area contributed by atoms with Gasteiger partial charge in [0.15, 0.2) is 11.6 Å². The number of amides is 1. The van der Waals surface area contributed by atoms with Gasteiger partial charge in [0.05, 0.1) is 0 Å². The smallest absolute Gasteiger partial charge is 0.222 e. The molecule has 20 heavy (non-hydrogen) atoms. The van der Waals surface area contributed by atoms with E-state index in [9.17, 15) is 9.18 Å². The maximum Gasteiger partial charge on any atom is 0.222 e. The molecule has 0 bridgehead atoms. The van der Waals surface area contributed by atoms with Gasteiger partial charge in [-0.3, -0.25) is 9.69 Å². The number of hydrogen-bond acceptors (Lipinski definition) is 3. The molecule has 1 aromatic carbocycles. The Balaban J connectivity index is 1.69. The number of carbonyl (C=O) groups excluding carboxylic acids is 1. The number of para-hydroxylation sites is 1. The first kappa shape index (κ1) is 14.8. The minimum Gasteiger partial charge on any atom is -0.489 e. The van der Waals surface area contributed by atoms with Crippen molar-refractivity contribution in [3.63, 3.8) is 0 Å². The van der Waals surface area contributed by atoms with Crippen LogP contribution < -0.4 is 10.1 Å². The average Bonchev–Trinajstić information content (AvgIpc) is 2.49. The van der Waals surface area contributed by atoms with Crippen molar-refractivity contribution in [2.75, 3.05) is 33.3 Å². The van der Waals surface area contributed by atoms with Crippen LogP contribution in [0.2, 0.25) is 0 Å². The summed E-state index contributed by atoms with van der Waals surface area (Å²) in [5, 5.41) is 2.70. The number of carbonyl (C=O) groups is 1. The monoisotopic (exact) mass is 280 g/mol. The zero-order valence-corrected chi connectivity index (χ0v) is 11.8. The van der Waals surface area contributed by atoms with E-state index in [1.807, 2.05) is 0 Å². The summed E-state index contributed by atoms with van der Waals surface area (Å²) in [6.45, 7) is 3.00. The third-order valence-electron chi connectivity index (χ3n) is 3.71. The molecule has 1 N–H and O–H groups in total. The van der Waals surface area contributed by atoms with E-state index in [-0.39, 0.29) is 17.6 Å². The van der Waals surface area contributed by atoms with Gasteiger partial charge in [0.2, 0.25) is 5.91 Å². The van der Waals surface area contributed by atoms with Gasteiger partial charge in [0.1, 0.15) is 6.61 Å². The number of rotatable bonds is 5. The van der Waals surface area contributed by atoms with Gasteiger partial charge in [0.25, 0.3) is 0 Å². The highest BCUT2D eigenvalue weighted by Gasteiger charge is 2.23. The lowest BCUT2D eigenvalue weighted by Gasteiger charge is -2.30. The fraction of sp³-hybridized carbons (Fsp3) is 0.533. The van der Waals surface area contributed by atoms with Crippen molar-refractivity contribution >= 4 is 5.91 Å². The number of benzene rings is 1. The summed E-state index contributed by atoms with van der Waals surface area (Å²) in [4.78, 5) is 13.8. The quantitative estimate of drug-likeness (QED) is 0.892. The predicted molar refractivity (Wildman–Crippen MR) is 75.1 cm³/mol. The number of halogens is 1. The van der Waals surface area contributed by atoms with Crippen LogP contribution in [0, 0.1) is 11.7 Å². The van der Waals surface area contributed by atoms with E-state index >= 15 is 0 Å². The molecule has 5 heteroatoms. The number of nitrogens with zero attached hydrogens (tertiary/aromatic N) is 1. The van der Waals surface area contributed by atoms with E-state index in [1.165, 1.54) is 6.07 Å². The van der Waals surface area contributed by atoms with Crippen LogP contribution in [0.3, 0.4) is 0 Å². The largest absolute Gasteiger partial charge is 0.489 e. The second kappa shape index (κ2) is 7.24. The molecule has 0 spiro atoms. The summed E-state index contributed by atoms with van der Waals surface area (Å²) < 4.78 is 18.8. The highest BCUT2D eigenvalue weighted by atomic mass is 19.1. The van der Waals surface area contributed by atoms with Gasteiger partial charge in [-0.15, -0.1) is 0 Å². The van der Waals surface area contributed by atoms with E-state index in [0.717, 1.165) is 32.5 Å². The molecule has 1 fully saturated rings. The molecule has 1 heterocycles. The van der Waals surface area contributed by atoms with E-state index in [2.05, 4.69) is 10.2 Å². The van der Waals surface area contributed by atoms with Crippen LogP contribution in [-0.4, -0.2) is 44.1 Å². The molecule has 1 saturated heterocycles. The molecular weight excluding hydrogens is 259 g/mol. The van der Waals surface area contributed by atoms with E-state index in [1.54, 1.807) is 25.2 Å². The SMILES string of the molecule is CNC(=O)C1CCN(CCOc2ccccc2F)CC1. The van der Waals surface area contributed by atoms with Crippen molar-refractivity contribution in [1.82, 2.24) is 10.2 Å².